The number of nitrogens with one attached hydrogen (secondary N) is 2. The number of carbonyl (C=O) groups is 2. The predicted molar refractivity (Wildman–Crippen MR) is 65.2 cm³/mol. The largest absolute Gasteiger partial charge is 0.349 e. The van der Waals surface area contributed by atoms with Gasteiger partial charge < -0.3 is 10.6 Å². The standard InChI is InChI=1S/C13H15N3O2/c17-12(15-9-2-3-9)8-1-6-11(14-7-8)13(18)16-10-4-5-10/h1,6-7,9-10H,2-5H2,(H,15,17)(H,16,18). The van der Waals surface area contributed by atoms with Crippen LogP contribution in [0.2, 0.25) is 0 Å². The SMILES string of the molecule is O=C(NC1CC1)c1ccc(C(=O)NC2CC2)nc1. The van der Waals surface area contributed by atoms with Crippen molar-refractivity contribution in [2.75, 3.05) is 0 Å². The van der Waals surface area contributed by atoms with Crippen molar-refractivity contribution in [1.29, 1.82) is 0 Å². The van der Waals surface area contributed by atoms with Crippen LogP contribution < -0.4 is 10.6 Å². The van der Waals surface area contributed by atoms with E-state index in [1.165, 1.54) is 6.20 Å². The molecule has 2 aliphatic carbocycles. The molecular formula is C13H15N3O2. The number of rotatable bonds is 4. The van der Waals surface area contributed by atoms with Crippen LogP contribution in [0.3, 0.4) is 0 Å². The van der Waals surface area contributed by atoms with Gasteiger partial charge in [-0.15, -0.1) is 0 Å². The van der Waals surface area contributed by atoms with E-state index in [0.717, 1.165) is 25.7 Å². The lowest BCUT2D eigenvalue weighted by Crippen LogP contribution is -2.27. The summed E-state index contributed by atoms with van der Waals surface area (Å²) in [4.78, 5) is 27.4. The molecule has 0 radical (unpaired) electrons. The third-order valence-corrected chi connectivity index (χ3v) is 3.08. The van der Waals surface area contributed by atoms with Gasteiger partial charge in [0.05, 0.1) is 5.56 Å². The third kappa shape index (κ3) is 2.67. The van der Waals surface area contributed by atoms with Crippen molar-refractivity contribution >= 4 is 11.8 Å². The molecule has 0 spiro atoms. The highest BCUT2D eigenvalue weighted by molar-refractivity contribution is 5.96. The lowest BCUT2D eigenvalue weighted by atomic mass is 10.2. The Morgan fingerprint density at radius 1 is 1.00 bits per heavy atom. The van der Waals surface area contributed by atoms with E-state index in [-0.39, 0.29) is 11.8 Å². The lowest BCUT2D eigenvalue weighted by molar-refractivity contribution is 0.0934. The molecule has 5 heteroatoms. The molecule has 2 aliphatic rings. The Balaban J connectivity index is 1.63. The van der Waals surface area contributed by atoms with Gasteiger partial charge in [-0.05, 0) is 37.8 Å². The minimum Gasteiger partial charge on any atom is -0.349 e. The fourth-order valence-electron chi connectivity index (χ4n) is 1.65. The summed E-state index contributed by atoms with van der Waals surface area (Å²) in [5.41, 5.74) is 0.870. The molecule has 2 N–H and O–H groups in total. The quantitative estimate of drug-likeness (QED) is 0.826. The second kappa shape index (κ2) is 4.40. The Hall–Kier alpha value is -1.91. The van der Waals surface area contributed by atoms with Gasteiger partial charge in [0.1, 0.15) is 5.69 Å². The van der Waals surface area contributed by atoms with E-state index in [2.05, 4.69) is 15.6 Å². The molecular weight excluding hydrogens is 230 g/mol. The molecule has 1 heterocycles. The van der Waals surface area contributed by atoms with Gasteiger partial charge in [-0.1, -0.05) is 0 Å². The van der Waals surface area contributed by atoms with Crippen molar-refractivity contribution in [3.8, 4) is 0 Å². The van der Waals surface area contributed by atoms with Crippen LogP contribution in [-0.4, -0.2) is 28.9 Å². The van der Waals surface area contributed by atoms with E-state index in [9.17, 15) is 9.59 Å². The second-order valence-electron chi connectivity index (χ2n) is 4.93. The van der Waals surface area contributed by atoms with Gasteiger partial charge in [0.25, 0.3) is 11.8 Å². The smallest absolute Gasteiger partial charge is 0.270 e. The van der Waals surface area contributed by atoms with E-state index < -0.39 is 0 Å². The Bertz CT molecular complexity index is 431. The Labute approximate surface area is 105 Å². The van der Waals surface area contributed by atoms with E-state index in [0.29, 0.717) is 23.3 Å². The normalized spacial score (nSPS) is 18.2. The first-order chi connectivity index (χ1) is 8.72. The Morgan fingerprint density at radius 3 is 2.11 bits per heavy atom. The molecule has 0 aliphatic heterocycles. The number of amides is 2. The molecule has 0 saturated heterocycles. The molecule has 94 valence electrons. The van der Waals surface area contributed by atoms with Crippen molar-refractivity contribution in [3.05, 3.63) is 29.6 Å². The van der Waals surface area contributed by atoms with Crippen molar-refractivity contribution in [3.63, 3.8) is 0 Å². The van der Waals surface area contributed by atoms with Crippen molar-refractivity contribution in [2.24, 2.45) is 0 Å². The number of carbonyl (C=O) groups excluding carboxylic acids is 2. The molecule has 0 bridgehead atoms. The lowest BCUT2D eigenvalue weighted by Gasteiger charge is -2.05. The number of aromatic nitrogens is 1. The first kappa shape index (κ1) is 11.2. The summed E-state index contributed by atoms with van der Waals surface area (Å²) in [5, 5.41) is 5.74. The average molecular weight is 245 g/mol. The van der Waals surface area contributed by atoms with Crippen LogP contribution in [0, 0.1) is 0 Å². The van der Waals surface area contributed by atoms with Gasteiger partial charge in [-0.3, -0.25) is 14.6 Å². The maximum atomic E-state index is 11.7. The zero-order chi connectivity index (χ0) is 12.5. The summed E-state index contributed by atoms with van der Waals surface area (Å²) >= 11 is 0. The highest BCUT2D eigenvalue weighted by Gasteiger charge is 2.25. The van der Waals surface area contributed by atoms with E-state index >= 15 is 0 Å². The van der Waals surface area contributed by atoms with Crippen LogP contribution >= 0.6 is 0 Å². The molecule has 1 aromatic heterocycles. The minimum absolute atomic E-state index is 0.112. The van der Waals surface area contributed by atoms with Gasteiger partial charge in [0.15, 0.2) is 0 Å². The summed E-state index contributed by atoms with van der Waals surface area (Å²) in [6.45, 7) is 0. The minimum atomic E-state index is -0.161. The highest BCUT2D eigenvalue weighted by atomic mass is 16.2. The Morgan fingerprint density at radius 2 is 1.61 bits per heavy atom. The van der Waals surface area contributed by atoms with Crippen LogP contribution in [0.4, 0.5) is 0 Å². The molecule has 18 heavy (non-hydrogen) atoms. The summed E-state index contributed by atoms with van der Waals surface area (Å²) in [5.74, 6) is -0.272. The monoisotopic (exact) mass is 245 g/mol. The average Bonchev–Trinajstić information content (AvgIpc) is 3.25. The molecule has 0 unspecified atom stereocenters. The van der Waals surface area contributed by atoms with Crippen molar-refractivity contribution in [2.45, 2.75) is 37.8 Å². The maximum Gasteiger partial charge on any atom is 0.270 e. The zero-order valence-corrected chi connectivity index (χ0v) is 9.98. The third-order valence-electron chi connectivity index (χ3n) is 3.08. The number of hydrogen-bond acceptors (Lipinski definition) is 3. The predicted octanol–water partition coefficient (Wildman–Crippen LogP) is 0.866. The van der Waals surface area contributed by atoms with Crippen molar-refractivity contribution in [1.82, 2.24) is 15.6 Å². The first-order valence-corrected chi connectivity index (χ1v) is 6.30. The number of nitrogens with zero attached hydrogens (tertiary/aromatic N) is 1. The highest BCUT2D eigenvalue weighted by Crippen LogP contribution is 2.20. The van der Waals surface area contributed by atoms with Gasteiger partial charge in [-0.25, -0.2) is 0 Å². The fourth-order valence-corrected chi connectivity index (χ4v) is 1.65. The molecule has 2 fully saturated rings. The van der Waals surface area contributed by atoms with Crippen LogP contribution in [0.15, 0.2) is 18.3 Å². The molecule has 3 rings (SSSR count). The van der Waals surface area contributed by atoms with Crippen LogP contribution in [0.25, 0.3) is 0 Å². The first-order valence-electron chi connectivity index (χ1n) is 6.30. The molecule has 1 aromatic rings. The van der Waals surface area contributed by atoms with Gasteiger partial charge in [0, 0.05) is 18.3 Å². The number of hydrogen-bond donors (Lipinski definition) is 2. The fraction of sp³-hybridized carbons (Fsp3) is 0.462. The van der Waals surface area contributed by atoms with Gasteiger partial charge in [0.2, 0.25) is 0 Å². The molecule has 2 saturated carbocycles. The van der Waals surface area contributed by atoms with Crippen molar-refractivity contribution < 1.29 is 9.59 Å². The van der Waals surface area contributed by atoms with E-state index in [4.69, 9.17) is 0 Å². The topological polar surface area (TPSA) is 71.1 Å². The number of pyridine rings is 1. The van der Waals surface area contributed by atoms with E-state index in [1.54, 1.807) is 12.1 Å². The van der Waals surface area contributed by atoms with Crippen LogP contribution in [-0.2, 0) is 0 Å². The zero-order valence-electron chi connectivity index (χ0n) is 9.98. The summed E-state index contributed by atoms with van der Waals surface area (Å²) in [6.07, 6.45) is 5.67. The molecule has 2 amide bonds. The summed E-state index contributed by atoms with van der Waals surface area (Å²) in [7, 11) is 0. The van der Waals surface area contributed by atoms with Gasteiger partial charge in [-0.2, -0.15) is 0 Å². The van der Waals surface area contributed by atoms with Crippen LogP contribution in [0.5, 0.6) is 0 Å². The molecule has 5 nitrogen and oxygen atoms in total. The molecule has 0 atom stereocenters. The second-order valence-corrected chi connectivity index (χ2v) is 4.93. The Kier molecular flexibility index (Phi) is 2.74. The van der Waals surface area contributed by atoms with Gasteiger partial charge >= 0.3 is 0 Å². The molecule has 0 aromatic carbocycles. The maximum absolute atomic E-state index is 11.7. The van der Waals surface area contributed by atoms with Crippen LogP contribution in [0.1, 0.15) is 46.5 Å². The summed E-state index contributed by atoms with van der Waals surface area (Å²) in [6, 6.07) is 3.89. The van der Waals surface area contributed by atoms with E-state index in [1.807, 2.05) is 0 Å². The summed E-state index contributed by atoms with van der Waals surface area (Å²) < 4.78 is 0.